The van der Waals surface area contributed by atoms with Gasteiger partial charge in [0.05, 0.1) is 12.9 Å². The zero-order valence-corrected chi connectivity index (χ0v) is 21.2. The summed E-state index contributed by atoms with van der Waals surface area (Å²) in [6, 6.07) is 22.7. The second-order valence-electron chi connectivity index (χ2n) is 7.62. The highest BCUT2D eigenvalue weighted by atomic mass is 32.2. The Balaban J connectivity index is 0.00000158. The maximum absolute atomic E-state index is 6.04. The normalized spacial score (nSPS) is 10.4. The van der Waals surface area contributed by atoms with Crippen molar-refractivity contribution in [3.05, 3.63) is 96.8 Å². The van der Waals surface area contributed by atoms with Gasteiger partial charge in [-0.25, -0.2) is 0 Å². The molecule has 3 nitrogen and oxygen atoms in total. The number of fused-ring (bicyclic) bond motifs is 1. The van der Waals surface area contributed by atoms with E-state index in [1.54, 1.807) is 6.26 Å². The minimum absolute atomic E-state index is 0.496. The molecule has 0 saturated carbocycles. The summed E-state index contributed by atoms with van der Waals surface area (Å²) in [5.41, 5.74) is 5.42. The first-order valence-corrected chi connectivity index (χ1v) is 13.2. The largest absolute Gasteiger partial charge is 0.494 e. The lowest BCUT2D eigenvalue weighted by Gasteiger charge is -2.10. The molecule has 0 aliphatic rings. The highest BCUT2D eigenvalue weighted by molar-refractivity contribution is 7.98. The molecule has 0 saturated heterocycles. The van der Waals surface area contributed by atoms with Gasteiger partial charge in [-0.2, -0.15) is 11.8 Å². The Kier molecular flexibility index (Phi) is 10.2. The molecule has 0 radical (unpaired) electrons. The molecule has 0 spiro atoms. The molecule has 0 fully saturated rings. The van der Waals surface area contributed by atoms with E-state index in [9.17, 15) is 0 Å². The third kappa shape index (κ3) is 6.94. The molecule has 4 aromatic rings. The fourth-order valence-corrected chi connectivity index (χ4v) is 4.02. The summed E-state index contributed by atoms with van der Waals surface area (Å²) in [7, 11) is 0. The molecule has 178 valence electrons. The van der Waals surface area contributed by atoms with Crippen LogP contribution in [-0.2, 0) is 13.0 Å². The lowest BCUT2D eigenvalue weighted by Crippen LogP contribution is -1.98. The monoisotopic (exact) mass is 474 g/mol. The number of hydrogen-bond donors (Lipinski definition) is 0. The first kappa shape index (κ1) is 25.5. The third-order valence-electron chi connectivity index (χ3n) is 5.27. The van der Waals surface area contributed by atoms with E-state index < -0.39 is 0 Å². The van der Waals surface area contributed by atoms with Crippen molar-refractivity contribution in [1.29, 1.82) is 0 Å². The SMILES string of the molecule is C=CCc1coc2cc(OCc3cccc(-c4ccc(OCCCSC)cc4)c3)ccc12.CC. The van der Waals surface area contributed by atoms with Crippen molar-refractivity contribution in [1.82, 2.24) is 0 Å². The average molecular weight is 475 g/mol. The Morgan fingerprint density at radius 3 is 2.47 bits per heavy atom. The lowest BCUT2D eigenvalue weighted by molar-refractivity contribution is 0.306. The third-order valence-corrected chi connectivity index (χ3v) is 5.97. The topological polar surface area (TPSA) is 31.6 Å². The van der Waals surface area contributed by atoms with Crippen molar-refractivity contribution in [3.8, 4) is 22.6 Å². The predicted octanol–water partition coefficient (Wildman–Crippen LogP) is 8.57. The number of benzene rings is 3. The van der Waals surface area contributed by atoms with Crippen molar-refractivity contribution < 1.29 is 13.9 Å². The van der Waals surface area contributed by atoms with Gasteiger partial charge in [-0.05, 0) is 71.9 Å². The van der Waals surface area contributed by atoms with Gasteiger partial charge in [-0.1, -0.05) is 50.3 Å². The first-order valence-electron chi connectivity index (χ1n) is 11.8. The van der Waals surface area contributed by atoms with Crippen LogP contribution in [0.3, 0.4) is 0 Å². The number of ether oxygens (including phenoxy) is 2. The fraction of sp³-hybridized carbons (Fsp3) is 0.267. The highest BCUT2D eigenvalue weighted by Crippen LogP contribution is 2.28. The molecule has 3 aromatic carbocycles. The van der Waals surface area contributed by atoms with Crippen LogP contribution in [0.2, 0.25) is 0 Å². The maximum atomic E-state index is 6.04. The highest BCUT2D eigenvalue weighted by Gasteiger charge is 2.07. The Bertz CT molecular complexity index is 1160. The van der Waals surface area contributed by atoms with Crippen LogP contribution < -0.4 is 9.47 Å². The molecule has 0 bridgehead atoms. The smallest absolute Gasteiger partial charge is 0.137 e. The number of furan rings is 1. The summed E-state index contributed by atoms with van der Waals surface area (Å²) in [5.74, 6) is 2.84. The molecular formula is C30H34O3S. The molecule has 4 heteroatoms. The van der Waals surface area contributed by atoms with Crippen molar-refractivity contribution in [2.24, 2.45) is 0 Å². The number of allylic oxidation sites excluding steroid dienone is 1. The molecule has 0 amide bonds. The average Bonchev–Trinajstić information content (AvgIpc) is 3.29. The Labute approximate surface area is 207 Å². The van der Waals surface area contributed by atoms with Gasteiger partial charge >= 0.3 is 0 Å². The zero-order valence-electron chi connectivity index (χ0n) is 20.4. The van der Waals surface area contributed by atoms with Gasteiger partial charge in [0.2, 0.25) is 0 Å². The summed E-state index contributed by atoms with van der Waals surface area (Å²) in [6.45, 7) is 9.05. The van der Waals surface area contributed by atoms with E-state index in [0.29, 0.717) is 6.61 Å². The van der Waals surface area contributed by atoms with Crippen molar-refractivity contribution in [2.45, 2.75) is 33.3 Å². The molecule has 1 aromatic heterocycles. The molecular weight excluding hydrogens is 440 g/mol. The molecule has 34 heavy (non-hydrogen) atoms. The van der Waals surface area contributed by atoms with Crippen LogP contribution in [0.4, 0.5) is 0 Å². The van der Waals surface area contributed by atoms with Gasteiger partial charge in [0.25, 0.3) is 0 Å². The lowest BCUT2D eigenvalue weighted by atomic mass is 10.0. The van der Waals surface area contributed by atoms with Crippen LogP contribution in [0.1, 0.15) is 31.4 Å². The van der Waals surface area contributed by atoms with Crippen LogP contribution in [0.25, 0.3) is 22.1 Å². The van der Waals surface area contributed by atoms with E-state index in [-0.39, 0.29) is 0 Å². The molecule has 0 atom stereocenters. The zero-order chi connectivity index (χ0) is 24.2. The number of thioether (sulfide) groups is 1. The molecule has 0 N–H and O–H groups in total. The summed E-state index contributed by atoms with van der Waals surface area (Å²) >= 11 is 1.85. The summed E-state index contributed by atoms with van der Waals surface area (Å²) < 4.78 is 17.5. The second-order valence-corrected chi connectivity index (χ2v) is 8.61. The quantitative estimate of drug-likeness (QED) is 0.161. The van der Waals surface area contributed by atoms with E-state index in [2.05, 4.69) is 49.2 Å². The van der Waals surface area contributed by atoms with Crippen molar-refractivity contribution >= 4 is 22.7 Å². The van der Waals surface area contributed by atoms with Gasteiger partial charge in [-0.15, -0.1) is 6.58 Å². The Morgan fingerprint density at radius 2 is 1.71 bits per heavy atom. The first-order chi connectivity index (χ1) is 16.8. The molecule has 0 aliphatic heterocycles. The summed E-state index contributed by atoms with van der Waals surface area (Å²) in [6.07, 6.45) is 7.65. The van der Waals surface area contributed by atoms with E-state index in [1.165, 1.54) is 0 Å². The van der Waals surface area contributed by atoms with Gasteiger partial charge in [0, 0.05) is 17.0 Å². The minimum Gasteiger partial charge on any atom is -0.494 e. The van der Waals surface area contributed by atoms with E-state index in [1.807, 2.05) is 62.0 Å². The van der Waals surface area contributed by atoms with Crippen LogP contribution in [-0.4, -0.2) is 18.6 Å². The van der Waals surface area contributed by atoms with E-state index >= 15 is 0 Å². The second kappa shape index (κ2) is 13.6. The predicted molar refractivity (Wildman–Crippen MR) is 146 cm³/mol. The molecule has 0 unspecified atom stereocenters. The van der Waals surface area contributed by atoms with Crippen molar-refractivity contribution in [2.75, 3.05) is 18.6 Å². The number of rotatable bonds is 11. The van der Waals surface area contributed by atoms with Crippen LogP contribution >= 0.6 is 11.8 Å². The number of hydrogen-bond acceptors (Lipinski definition) is 4. The van der Waals surface area contributed by atoms with Gasteiger partial charge in [-0.3, -0.25) is 0 Å². The van der Waals surface area contributed by atoms with Crippen LogP contribution in [0, 0.1) is 0 Å². The van der Waals surface area contributed by atoms with E-state index in [4.69, 9.17) is 13.9 Å². The Hall–Kier alpha value is -3.11. The van der Waals surface area contributed by atoms with Gasteiger partial charge < -0.3 is 13.9 Å². The molecule has 1 heterocycles. The van der Waals surface area contributed by atoms with Crippen molar-refractivity contribution in [3.63, 3.8) is 0 Å². The molecule has 0 aliphatic carbocycles. The van der Waals surface area contributed by atoms with E-state index in [0.717, 1.165) is 69.9 Å². The van der Waals surface area contributed by atoms with Gasteiger partial charge in [0.15, 0.2) is 0 Å². The van der Waals surface area contributed by atoms with Crippen LogP contribution in [0.5, 0.6) is 11.5 Å². The maximum Gasteiger partial charge on any atom is 0.137 e. The Morgan fingerprint density at radius 1 is 0.912 bits per heavy atom. The minimum atomic E-state index is 0.496. The summed E-state index contributed by atoms with van der Waals surface area (Å²) in [5, 5.41) is 1.11. The summed E-state index contributed by atoms with van der Waals surface area (Å²) in [4.78, 5) is 0. The van der Waals surface area contributed by atoms with Crippen LogP contribution in [0.15, 0.2) is 90.1 Å². The van der Waals surface area contributed by atoms with Gasteiger partial charge in [0.1, 0.15) is 23.7 Å². The fourth-order valence-electron chi connectivity index (χ4n) is 3.61. The standard InChI is InChI=1S/C28H28O3S.C2H6/c1-3-6-24-20-31-28-18-26(13-14-27(24)28)30-19-21-7-4-8-23(17-21)22-9-11-25(12-10-22)29-15-5-16-32-2;1-2/h3-4,7-14,17-18,20H,1,5-6,15-16,19H2,2H3;1-2H3. The molecule has 4 rings (SSSR count).